The van der Waals surface area contributed by atoms with E-state index in [1.165, 1.54) is 0 Å². The molecule has 2 N–H and O–H groups in total. The van der Waals surface area contributed by atoms with E-state index >= 15 is 0 Å². The number of amides is 1. The fourth-order valence-corrected chi connectivity index (χ4v) is 1.06. The number of carbonyl (C=O) groups excluding carboxylic acids is 2. The molecule has 1 aromatic rings. The summed E-state index contributed by atoms with van der Waals surface area (Å²) in [6.07, 6.45) is 0.238. The van der Waals surface area contributed by atoms with E-state index in [4.69, 9.17) is 11.0 Å². The van der Waals surface area contributed by atoms with Crippen LogP contribution in [0.25, 0.3) is 0 Å². The van der Waals surface area contributed by atoms with Crippen molar-refractivity contribution in [1.29, 1.82) is 5.26 Å². The first-order valence-electron chi connectivity index (χ1n) is 3.59. The van der Waals surface area contributed by atoms with E-state index in [1.807, 2.05) is 0 Å². The van der Waals surface area contributed by atoms with Gasteiger partial charge in [-0.15, -0.1) is 0 Å². The second-order valence-electron chi connectivity index (χ2n) is 2.48. The molecule has 0 aromatic heterocycles. The van der Waals surface area contributed by atoms with Gasteiger partial charge in [-0.1, -0.05) is 0 Å². The zero-order valence-corrected chi connectivity index (χ0v) is 6.95. The second-order valence-corrected chi connectivity index (χ2v) is 2.48. The summed E-state index contributed by atoms with van der Waals surface area (Å²) in [5.74, 6) is -1.97. The van der Waals surface area contributed by atoms with Crippen molar-refractivity contribution in [2.45, 2.75) is 0 Å². The fraction of sp³-hybridized carbons (Fsp3) is 0. The maximum absolute atomic E-state index is 13.0. The van der Waals surface area contributed by atoms with Gasteiger partial charge in [0.15, 0.2) is 6.29 Å². The first-order valence-corrected chi connectivity index (χ1v) is 3.59. The van der Waals surface area contributed by atoms with Crippen molar-refractivity contribution < 1.29 is 14.0 Å². The van der Waals surface area contributed by atoms with Crippen LogP contribution in [0.1, 0.15) is 26.3 Å². The van der Waals surface area contributed by atoms with Gasteiger partial charge in [-0.2, -0.15) is 5.26 Å². The molecular weight excluding hydrogens is 187 g/mol. The summed E-state index contributed by atoms with van der Waals surface area (Å²) >= 11 is 0. The molecule has 1 rings (SSSR count). The standard InChI is InChI=1S/C9H5FN2O2/c10-7-2-1-5(3-11)6(4-13)8(7)9(12)14/h1-2,4H,(H2,12,14). The number of nitriles is 1. The van der Waals surface area contributed by atoms with Crippen LogP contribution < -0.4 is 5.73 Å². The van der Waals surface area contributed by atoms with E-state index < -0.39 is 17.3 Å². The number of halogens is 1. The molecule has 0 atom stereocenters. The molecule has 5 heteroatoms. The van der Waals surface area contributed by atoms with E-state index in [2.05, 4.69) is 0 Å². The highest BCUT2D eigenvalue weighted by Gasteiger charge is 2.17. The van der Waals surface area contributed by atoms with E-state index in [0.717, 1.165) is 12.1 Å². The highest BCUT2D eigenvalue weighted by atomic mass is 19.1. The third-order valence-electron chi connectivity index (χ3n) is 1.68. The van der Waals surface area contributed by atoms with Crippen LogP contribution in [0.2, 0.25) is 0 Å². The molecule has 0 radical (unpaired) electrons. The van der Waals surface area contributed by atoms with Crippen LogP contribution in [-0.4, -0.2) is 12.2 Å². The van der Waals surface area contributed by atoms with E-state index in [-0.39, 0.29) is 17.4 Å². The minimum absolute atomic E-state index is 0.0739. The molecule has 0 fully saturated rings. The van der Waals surface area contributed by atoms with E-state index in [1.54, 1.807) is 6.07 Å². The number of rotatable bonds is 2. The van der Waals surface area contributed by atoms with Crippen LogP contribution in [0.5, 0.6) is 0 Å². The first kappa shape index (κ1) is 9.86. The Bertz CT molecular complexity index is 449. The molecule has 0 unspecified atom stereocenters. The third kappa shape index (κ3) is 1.45. The van der Waals surface area contributed by atoms with Crippen molar-refractivity contribution in [1.82, 2.24) is 0 Å². The first-order chi connectivity index (χ1) is 6.61. The number of hydrogen-bond acceptors (Lipinski definition) is 3. The van der Waals surface area contributed by atoms with Gasteiger partial charge in [0.2, 0.25) is 0 Å². The lowest BCUT2D eigenvalue weighted by Gasteiger charge is -2.02. The molecule has 0 spiro atoms. The predicted octanol–water partition coefficient (Wildman–Crippen LogP) is 0.609. The molecule has 14 heavy (non-hydrogen) atoms. The molecule has 1 amide bonds. The zero-order chi connectivity index (χ0) is 10.7. The summed E-state index contributed by atoms with van der Waals surface area (Å²) in [4.78, 5) is 21.3. The summed E-state index contributed by atoms with van der Waals surface area (Å²) in [5, 5.41) is 8.56. The molecular formula is C9H5FN2O2. The van der Waals surface area contributed by atoms with Crippen molar-refractivity contribution in [3.63, 3.8) is 0 Å². The maximum Gasteiger partial charge on any atom is 0.252 e. The van der Waals surface area contributed by atoms with Crippen LogP contribution in [0.3, 0.4) is 0 Å². The molecule has 0 saturated heterocycles. The number of benzene rings is 1. The number of primary amides is 1. The Kier molecular flexibility index (Phi) is 2.58. The van der Waals surface area contributed by atoms with Crippen molar-refractivity contribution >= 4 is 12.2 Å². The third-order valence-corrected chi connectivity index (χ3v) is 1.68. The van der Waals surface area contributed by atoms with Gasteiger partial charge >= 0.3 is 0 Å². The minimum atomic E-state index is -1.07. The topological polar surface area (TPSA) is 83.9 Å². The summed E-state index contributed by atoms with van der Waals surface area (Å²) in [6.45, 7) is 0. The van der Waals surface area contributed by atoms with Gasteiger partial charge in [-0.25, -0.2) is 4.39 Å². The van der Waals surface area contributed by atoms with Gasteiger partial charge in [0.25, 0.3) is 5.91 Å². The number of aldehydes is 1. The van der Waals surface area contributed by atoms with E-state index in [9.17, 15) is 14.0 Å². The van der Waals surface area contributed by atoms with Crippen molar-refractivity contribution in [3.05, 3.63) is 34.6 Å². The van der Waals surface area contributed by atoms with Gasteiger partial charge in [0, 0.05) is 5.56 Å². The quantitative estimate of drug-likeness (QED) is 0.696. The number of carbonyl (C=O) groups is 2. The van der Waals surface area contributed by atoms with Gasteiger partial charge in [-0.3, -0.25) is 9.59 Å². The van der Waals surface area contributed by atoms with E-state index in [0.29, 0.717) is 0 Å². The fourth-order valence-electron chi connectivity index (χ4n) is 1.06. The molecule has 0 saturated carbocycles. The zero-order valence-electron chi connectivity index (χ0n) is 6.95. The second kappa shape index (κ2) is 3.66. The average molecular weight is 192 g/mol. The SMILES string of the molecule is N#Cc1ccc(F)c(C(N)=O)c1C=O. The van der Waals surface area contributed by atoms with Crippen LogP contribution in [0, 0.1) is 17.1 Å². The number of nitrogens with zero attached hydrogens (tertiary/aromatic N) is 1. The van der Waals surface area contributed by atoms with Gasteiger partial charge in [0.1, 0.15) is 5.82 Å². The largest absolute Gasteiger partial charge is 0.365 e. The Balaban J connectivity index is 3.61. The molecule has 0 bridgehead atoms. The summed E-state index contributed by atoms with van der Waals surface area (Å²) < 4.78 is 13.0. The van der Waals surface area contributed by atoms with Crippen molar-refractivity contribution in [2.75, 3.05) is 0 Å². The van der Waals surface area contributed by atoms with Crippen LogP contribution in [-0.2, 0) is 0 Å². The van der Waals surface area contributed by atoms with Crippen LogP contribution in [0.15, 0.2) is 12.1 Å². The van der Waals surface area contributed by atoms with Crippen molar-refractivity contribution in [3.8, 4) is 6.07 Å². The molecule has 0 aliphatic heterocycles. The molecule has 1 aromatic carbocycles. The van der Waals surface area contributed by atoms with Gasteiger partial charge in [0.05, 0.1) is 17.2 Å². The van der Waals surface area contributed by atoms with Gasteiger partial charge < -0.3 is 5.73 Å². The Labute approximate surface area is 78.7 Å². The molecule has 0 heterocycles. The molecule has 70 valence electrons. The Morgan fingerprint density at radius 2 is 2.21 bits per heavy atom. The Hall–Kier alpha value is -2.22. The Morgan fingerprint density at radius 3 is 2.64 bits per heavy atom. The lowest BCUT2D eigenvalue weighted by atomic mass is 10.0. The molecule has 0 aliphatic carbocycles. The smallest absolute Gasteiger partial charge is 0.252 e. The lowest BCUT2D eigenvalue weighted by Crippen LogP contribution is -2.16. The normalized spacial score (nSPS) is 9.14. The average Bonchev–Trinajstić information content (AvgIpc) is 2.16. The monoisotopic (exact) mass is 192 g/mol. The Morgan fingerprint density at radius 1 is 1.57 bits per heavy atom. The number of hydrogen-bond donors (Lipinski definition) is 1. The molecule has 0 aliphatic rings. The summed E-state index contributed by atoms with van der Waals surface area (Å²) in [7, 11) is 0. The predicted molar refractivity (Wildman–Crippen MR) is 45.0 cm³/mol. The summed E-state index contributed by atoms with van der Waals surface area (Å²) in [6, 6.07) is 3.70. The molecule has 4 nitrogen and oxygen atoms in total. The van der Waals surface area contributed by atoms with Crippen LogP contribution >= 0.6 is 0 Å². The van der Waals surface area contributed by atoms with Gasteiger partial charge in [-0.05, 0) is 12.1 Å². The highest BCUT2D eigenvalue weighted by Crippen LogP contribution is 2.15. The minimum Gasteiger partial charge on any atom is -0.365 e. The lowest BCUT2D eigenvalue weighted by molar-refractivity contribution is 0.0989. The summed E-state index contributed by atoms with van der Waals surface area (Å²) in [5.41, 5.74) is 3.95. The number of nitrogens with two attached hydrogens (primary N) is 1. The highest BCUT2D eigenvalue weighted by molar-refractivity contribution is 6.02. The van der Waals surface area contributed by atoms with Crippen LogP contribution in [0.4, 0.5) is 4.39 Å². The van der Waals surface area contributed by atoms with Crippen molar-refractivity contribution in [2.24, 2.45) is 5.73 Å². The maximum atomic E-state index is 13.0.